The maximum atomic E-state index is 11.8. The number of benzene rings is 1. The van der Waals surface area contributed by atoms with E-state index in [9.17, 15) is 4.79 Å². The van der Waals surface area contributed by atoms with E-state index in [2.05, 4.69) is 10.2 Å². The normalized spacial score (nSPS) is 10.8. The Hall–Kier alpha value is -1.61. The quantitative estimate of drug-likeness (QED) is 0.844. The number of aromatic nitrogens is 2. The van der Waals surface area contributed by atoms with E-state index < -0.39 is 0 Å². The number of aromatic amines is 1. The van der Waals surface area contributed by atoms with Crippen LogP contribution in [0.4, 0.5) is 0 Å². The van der Waals surface area contributed by atoms with E-state index >= 15 is 0 Å². The van der Waals surface area contributed by atoms with Gasteiger partial charge in [0.25, 0.3) is 0 Å². The monoisotopic (exact) mass is 248 g/mol. The fraction of sp³-hybridized carbons (Fsp3) is 0.231. The molecule has 1 N–H and O–H groups in total. The molecule has 4 heteroatoms. The lowest BCUT2D eigenvalue weighted by molar-refractivity contribution is 0.0934. The number of H-pyrrole nitrogens is 1. The fourth-order valence-electron chi connectivity index (χ4n) is 1.55. The minimum Gasteiger partial charge on any atom is -0.292 e. The molecule has 0 aliphatic carbocycles. The average molecular weight is 249 g/mol. The summed E-state index contributed by atoms with van der Waals surface area (Å²) in [5, 5.41) is 7.54. The molecular formula is C13H13ClN2O. The van der Waals surface area contributed by atoms with E-state index in [4.69, 9.17) is 11.6 Å². The van der Waals surface area contributed by atoms with Gasteiger partial charge in [-0.1, -0.05) is 37.6 Å². The molecule has 0 unspecified atom stereocenters. The highest BCUT2D eigenvalue weighted by Gasteiger charge is 2.14. The Balaban J connectivity index is 2.33. The zero-order chi connectivity index (χ0) is 12.4. The van der Waals surface area contributed by atoms with Gasteiger partial charge in [-0.3, -0.25) is 9.89 Å². The van der Waals surface area contributed by atoms with E-state index in [1.807, 2.05) is 32.0 Å². The van der Waals surface area contributed by atoms with Crippen molar-refractivity contribution in [1.29, 1.82) is 0 Å². The van der Waals surface area contributed by atoms with Crippen molar-refractivity contribution in [3.8, 4) is 11.3 Å². The molecule has 0 fully saturated rings. The number of halogens is 1. The zero-order valence-electron chi connectivity index (χ0n) is 9.70. The summed E-state index contributed by atoms with van der Waals surface area (Å²) in [5.74, 6) is 0.0217. The van der Waals surface area contributed by atoms with Crippen LogP contribution in [0.2, 0.25) is 5.02 Å². The van der Waals surface area contributed by atoms with Crippen molar-refractivity contribution in [3.05, 3.63) is 41.0 Å². The molecular weight excluding hydrogens is 236 g/mol. The van der Waals surface area contributed by atoms with Gasteiger partial charge in [0, 0.05) is 16.5 Å². The van der Waals surface area contributed by atoms with Gasteiger partial charge in [-0.2, -0.15) is 5.10 Å². The van der Waals surface area contributed by atoms with E-state index in [1.54, 1.807) is 12.1 Å². The summed E-state index contributed by atoms with van der Waals surface area (Å²) < 4.78 is 0. The number of nitrogens with zero attached hydrogens (tertiary/aromatic N) is 1. The largest absolute Gasteiger partial charge is 0.292 e. The first-order chi connectivity index (χ1) is 8.08. The molecule has 0 spiro atoms. The van der Waals surface area contributed by atoms with Gasteiger partial charge < -0.3 is 0 Å². The highest BCUT2D eigenvalue weighted by molar-refractivity contribution is 6.30. The topological polar surface area (TPSA) is 45.8 Å². The maximum absolute atomic E-state index is 11.8. The van der Waals surface area contributed by atoms with Gasteiger partial charge in [-0.05, 0) is 18.2 Å². The molecule has 0 saturated carbocycles. The van der Waals surface area contributed by atoms with Crippen LogP contribution in [0.25, 0.3) is 11.3 Å². The van der Waals surface area contributed by atoms with Crippen LogP contribution in [-0.4, -0.2) is 16.0 Å². The van der Waals surface area contributed by atoms with Gasteiger partial charge in [-0.15, -0.1) is 0 Å². The van der Waals surface area contributed by atoms with Gasteiger partial charge in [0.05, 0.1) is 5.69 Å². The van der Waals surface area contributed by atoms with Crippen LogP contribution in [0.1, 0.15) is 24.3 Å². The molecule has 17 heavy (non-hydrogen) atoms. The predicted molar refractivity (Wildman–Crippen MR) is 68.2 cm³/mol. The van der Waals surface area contributed by atoms with Gasteiger partial charge in [0.1, 0.15) is 5.69 Å². The first-order valence-corrected chi connectivity index (χ1v) is 5.81. The van der Waals surface area contributed by atoms with Crippen LogP contribution in [-0.2, 0) is 0 Å². The highest BCUT2D eigenvalue weighted by atomic mass is 35.5. The van der Waals surface area contributed by atoms with Gasteiger partial charge in [-0.25, -0.2) is 0 Å². The summed E-state index contributed by atoms with van der Waals surface area (Å²) in [6.07, 6.45) is 0. The Morgan fingerprint density at radius 1 is 1.35 bits per heavy atom. The fourth-order valence-corrected chi connectivity index (χ4v) is 1.74. The Morgan fingerprint density at radius 2 is 2.12 bits per heavy atom. The second kappa shape index (κ2) is 4.72. The SMILES string of the molecule is CC(C)C(=O)c1cc(-c2cccc(Cl)c2)n[nH]1. The standard InChI is InChI=1S/C13H13ClN2O/c1-8(2)13(17)12-7-11(15-16-12)9-4-3-5-10(14)6-9/h3-8H,1-2H3,(H,15,16). The van der Waals surface area contributed by atoms with E-state index in [0.717, 1.165) is 11.3 Å². The molecule has 0 atom stereocenters. The summed E-state index contributed by atoms with van der Waals surface area (Å²) in [7, 11) is 0. The Kier molecular flexibility index (Phi) is 3.29. The van der Waals surface area contributed by atoms with E-state index in [1.165, 1.54) is 0 Å². The molecule has 2 aromatic rings. The summed E-state index contributed by atoms with van der Waals surface area (Å²) in [6, 6.07) is 9.15. The average Bonchev–Trinajstić information content (AvgIpc) is 2.77. The minimum absolute atomic E-state index is 0.0392. The Bertz CT molecular complexity index is 546. The number of rotatable bonds is 3. The van der Waals surface area contributed by atoms with Crippen molar-refractivity contribution < 1.29 is 4.79 Å². The van der Waals surface area contributed by atoms with Gasteiger partial charge >= 0.3 is 0 Å². The van der Waals surface area contributed by atoms with Gasteiger partial charge in [0.15, 0.2) is 5.78 Å². The van der Waals surface area contributed by atoms with Gasteiger partial charge in [0.2, 0.25) is 0 Å². The van der Waals surface area contributed by atoms with Crippen molar-refractivity contribution in [2.45, 2.75) is 13.8 Å². The molecule has 0 amide bonds. The summed E-state index contributed by atoms with van der Waals surface area (Å²) in [4.78, 5) is 11.8. The second-order valence-corrected chi connectivity index (χ2v) is 4.63. The zero-order valence-corrected chi connectivity index (χ0v) is 10.5. The maximum Gasteiger partial charge on any atom is 0.183 e. The van der Waals surface area contributed by atoms with E-state index in [-0.39, 0.29) is 11.7 Å². The molecule has 0 aliphatic heterocycles. The lowest BCUT2D eigenvalue weighted by Gasteiger charge is -1.98. The summed E-state index contributed by atoms with van der Waals surface area (Å²) >= 11 is 5.91. The van der Waals surface area contributed by atoms with Crippen LogP contribution in [0.5, 0.6) is 0 Å². The third-order valence-electron chi connectivity index (χ3n) is 2.49. The Labute approximate surface area is 105 Å². The number of hydrogen-bond donors (Lipinski definition) is 1. The van der Waals surface area contributed by atoms with Crippen molar-refractivity contribution in [1.82, 2.24) is 10.2 Å². The smallest absolute Gasteiger partial charge is 0.183 e. The molecule has 0 bridgehead atoms. The summed E-state index contributed by atoms with van der Waals surface area (Å²) in [5.41, 5.74) is 2.17. The number of carbonyl (C=O) groups is 1. The lowest BCUT2D eigenvalue weighted by Crippen LogP contribution is -2.07. The first kappa shape index (κ1) is 11.9. The van der Waals surface area contributed by atoms with Crippen LogP contribution in [0.15, 0.2) is 30.3 Å². The predicted octanol–water partition coefficient (Wildman–Crippen LogP) is 3.57. The third kappa shape index (κ3) is 2.56. The van der Waals surface area contributed by atoms with Crippen LogP contribution in [0.3, 0.4) is 0 Å². The highest BCUT2D eigenvalue weighted by Crippen LogP contribution is 2.22. The van der Waals surface area contributed by atoms with Crippen LogP contribution >= 0.6 is 11.6 Å². The second-order valence-electron chi connectivity index (χ2n) is 4.20. The number of Topliss-reactive ketones (excluding diaryl/α,β-unsaturated/α-hetero) is 1. The molecule has 1 aromatic carbocycles. The molecule has 0 radical (unpaired) electrons. The number of hydrogen-bond acceptors (Lipinski definition) is 2. The third-order valence-corrected chi connectivity index (χ3v) is 2.72. The first-order valence-electron chi connectivity index (χ1n) is 5.43. The van der Waals surface area contributed by atoms with Crippen LogP contribution in [0, 0.1) is 5.92 Å². The van der Waals surface area contributed by atoms with Crippen molar-refractivity contribution >= 4 is 17.4 Å². The van der Waals surface area contributed by atoms with E-state index in [0.29, 0.717) is 10.7 Å². The molecule has 2 rings (SSSR count). The lowest BCUT2D eigenvalue weighted by atomic mass is 10.1. The molecule has 88 valence electrons. The molecule has 3 nitrogen and oxygen atoms in total. The molecule has 1 aromatic heterocycles. The summed E-state index contributed by atoms with van der Waals surface area (Å²) in [6.45, 7) is 3.73. The van der Waals surface area contributed by atoms with Crippen LogP contribution < -0.4 is 0 Å². The van der Waals surface area contributed by atoms with Crippen molar-refractivity contribution in [2.24, 2.45) is 5.92 Å². The molecule has 0 saturated heterocycles. The van der Waals surface area contributed by atoms with Crippen molar-refractivity contribution in [2.75, 3.05) is 0 Å². The minimum atomic E-state index is -0.0392. The molecule has 1 heterocycles. The van der Waals surface area contributed by atoms with Crippen molar-refractivity contribution in [3.63, 3.8) is 0 Å². The number of carbonyl (C=O) groups excluding carboxylic acids is 1. The molecule has 0 aliphatic rings. The Morgan fingerprint density at radius 3 is 2.76 bits per heavy atom. The number of ketones is 1. The number of nitrogens with one attached hydrogen (secondary N) is 1.